The summed E-state index contributed by atoms with van der Waals surface area (Å²) in [6, 6.07) is 0. The van der Waals surface area contributed by atoms with E-state index in [0.29, 0.717) is 11.8 Å². The maximum atomic E-state index is 9.26. The molecule has 2 aliphatic carbocycles. The van der Waals surface area contributed by atoms with E-state index in [1.54, 1.807) is 0 Å². The summed E-state index contributed by atoms with van der Waals surface area (Å²) in [5.41, 5.74) is 0. The predicted molar refractivity (Wildman–Crippen MR) is 35.9 cm³/mol. The van der Waals surface area contributed by atoms with E-state index in [1.165, 1.54) is 0 Å². The Hall–Kier alpha value is -0.560. The van der Waals surface area contributed by atoms with Gasteiger partial charge in [-0.3, -0.25) is 0 Å². The molecule has 0 fully saturated rings. The molecule has 2 bridgehead atoms. The number of fused-ring (bicyclic) bond motifs is 2. The minimum absolute atomic E-state index is 0.208. The van der Waals surface area contributed by atoms with Gasteiger partial charge in [-0.05, 0) is 12.3 Å². The highest BCUT2D eigenvalue weighted by molar-refractivity contribution is 5.18. The van der Waals surface area contributed by atoms with Crippen LogP contribution in [0.2, 0.25) is 0 Å². The third kappa shape index (κ3) is 0.724. The Kier molecular flexibility index (Phi) is 0.995. The SMILES string of the molecule is O[C@H]1C=C[C@H]2C=C[C@@H]1C2. The Morgan fingerprint density at radius 2 is 1.89 bits per heavy atom. The fourth-order valence-electron chi connectivity index (χ4n) is 1.55. The lowest BCUT2D eigenvalue weighted by atomic mass is 9.92. The van der Waals surface area contributed by atoms with Crippen molar-refractivity contribution in [2.24, 2.45) is 11.8 Å². The van der Waals surface area contributed by atoms with Gasteiger partial charge in [-0.25, -0.2) is 0 Å². The highest BCUT2D eigenvalue weighted by Crippen LogP contribution is 2.31. The molecule has 9 heavy (non-hydrogen) atoms. The first kappa shape index (κ1) is 5.24. The molecule has 0 saturated heterocycles. The minimum atomic E-state index is -0.208. The van der Waals surface area contributed by atoms with Gasteiger partial charge >= 0.3 is 0 Å². The third-order valence-electron chi connectivity index (χ3n) is 2.14. The van der Waals surface area contributed by atoms with Crippen molar-refractivity contribution in [1.82, 2.24) is 0 Å². The maximum Gasteiger partial charge on any atom is 0.0784 e. The Labute approximate surface area is 54.7 Å². The first-order chi connectivity index (χ1) is 4.36. The van der Waals surface area contributed by atoms with Crippen molar-refractivity contribution in [1.29, 1.82) is 0 Å². The predicted octanol–water partition coefficient (Wildman–Crippen LogP) is 1.11. The molecule has 48 valence electrons. The van der Waals surface area contributed by atoms with Gasteiger partial charge < -0.3 is 5.11 Å². The van der Waals surface area contributed by atoms with Crippen LogP contribution in [-0.4, -0.2) is 11.2 Å². The number of hydrogen-bond donors (Lipinski definition) is 1. The number of hydrogen-bond acceptors (Lipinski definition) is 1. The zero-order valence-corrected chi connectivity index (χ0v) is 5.20. The summed E-state index contributed by atoms with van der Waals surface area (Å²) < 4.78 is 0. The van der Waals surface area contributed by atoms with Gasteiger partial charge in [0.15, 0.2) is 0 Å². The zero-order valence-electron chi connectivity index (χ0n) is 5.20. The third-order valence-corrected chi connectivity index (χ3v) is 2.14. The maximum absolute atomic E-state index is 9.26. The van der Waals surface area contributed by atoms with E-state index < -0.39 is 0 Å². The van der Waals surface area contributed by atoms with Gasteiger partial charge in [0.2, 0.25) is 0 Å². The van der Waals surface area contributed by atoms with Gasteiger partial charge in [0.1, 0.15) is 0 Å². The van der Waals surface area contributed by atoms with E-state index in [-0.39, 0.29) is 6.10 Å². The number of rotatable bonds is 0. The largest absolute Gasteiger partial charge is 0.388 e. The second-order valence-electron chi connectivity index (χ2n) is 2.82. The highest BCUT2D eigenvalue weighted by Gasteiger charge is 2.25. The van der Waals surface area contributed by atoms with Crippen molar-refractivity contribution in [2.45, 2.75) is 12.5 Å². The van der Waals surface area contributed by atoms with Gasteiger partial charge in [-0.15, -0.1) is 0 Å². The van der Waals surface area contributed by atoms with Crippen molar-refractivity contribution in [3.05, 3.63) is 24.3 Å². The molecule has 0 aromatic carbocycles. The zero-order chi connectivity index (χ0) is 6.27. The van der Waals surface area contributed by atoms with Crippen LogP contribution < -0.4 is 0 Å². The highest BCUT2D eigenvalue weighted by atomic mass is 16.3. The first-order valence-corrected chi connectivity index (χ1v) is 3.41. The van der Waals surface area contributed by atoms with Crippen LogP contribution in [0.25, 0.3) is 0 Å². The van der Waals surface area contributed by atoms with E-state index in [2.05, 4.69) is 18.2 Å². The molecule has 0 heterocycles. The van der Waals surface area contributed by atoms with Crippen LogP contribution in [-0.2, 0) is 0 Å². The summed E-state index contributed by atoms with van der Waals surface area (Å²) >= 11 is 0. The van der Waals surface area contributed by atoms with Crippen LogP contribution in [0.4, 0.5) is 0 Å². The van der Waals surface area contributed by atoms with Gasteiger partial charge in [0.05, 0.1) is 6.10 Å². The van der Waals surface area contributed by atoms with E-state index in [9.17, 15) is 5.11 Å². The van der Waals surface area contributed by atoms with Crippen molar-refractivity contribution in [2.75, 3.05) is 0 Å². The summed E-state index contributed by atoms with van der Waals surface area (Å²) in [6.07, 6.45) is 9.20. The average molecular weight is 122 g/mol. The van der Waals surface area contributed by atoms with Crippen LogP contribution in [0.5, 0.6) is 0 Å². The van der Waals surface area contributed by atoms with Gasteiger partial charge in [-0.1, -0.05) is 24.3 Å². The Morgan fingerprint density at radius 1 is 1.11 bits per heavy atom. The number of aliphatic hydroxyl groups is 1. The van der Waals surface area contributed by atoms with Crippen molar-refractivity contribution >= 4 is 0 Å². The molecule has 0 amide bonds. The summed E-state index contributed by atoms with van der Waals surface area (Å²) in [6.45, 7) is 0. The molecular weight excluding hydrogens is 112 g/mol. The van der Waals surface area contributed by atoms with Crippen LogP contribution in [0.1, 0.15) is 6.42 Å². The molecule has 0 aromatic heterocycles. The quantitative estimate of drug-likeness (QED) is 0.477. The molecule has 0 radical (unpaired) electrons. The van der Waals surface area contributed by atoms with E-state index in [0.717, 1.165) is 6.42 Å². The second kappa shape index (κ2) is 1.71. The molecule has 1 nitrogen and oxygen atoms in total. The van der Waals surface area contributed by atoms with Crippen molar-refractivity contribution in [3.8, 4) is 0 Å². The monoisotopic (exact) mass is 122 g/mol. The van der Waals surface area contributed by atoms with E-state index in [4.69, 9.17) is 0 Å². The number of allylic oxidation sites excluding steroid dienone is 2. The normalized spacial score (nSPS) is 46.1. The molecule has 0 unspecified atom stereocenters. The lowest BCUT2D eigenvalue weighted by Crippen LogP contribution is -2.18. The molecule has 3 atom stereocenters. The van der Waals surface area contributed by atoms with Crippen LogP contribution in [0.15, 0.2) is 24.3 Å². The topological polar surface area (TPSA) is 20.2 Å². The standard InChI is InChI=1S/C8H10O/c9-8-4-2-6-1-3-7(8)5-6/h1-4,6-9H,5H2/t6-,7-,8+/m1/s1. The van der Waals surface area contributed by atoms with Gasteiger partial charge in [-0.2, -0.15) is 0 Å². The van der Waals surface area contributed by atoms with Crippen LogP contribution in [0.3, 0.4) is 0 Å². The van der Waals surface area contributed by atoms with E-state index >= 15 is 0 Å². The fraction of sp³-hybridized carbons (Fsp3) is 0.500. The summed E-state index contributed by atoms with van der Waals surface area (Å²) in [5.74, 6) is 1.04. The lowest BCUT2D eigenvalue weighted by Gasteiger charge is -2.18. The Balaban J connectivity index is 2.28. The molecule has 0 aromatic rings. The molecule has 1 N–H and O–H groups in total. The lowest BCUT2D eigenvalue weighted by molar-refractivity contribution is 0.166. The molecule has 2 rings (SSSR count). The summed E-state index contributed by atoms with van der Waals surface area (Å²) in [7, 11) is 0. The minimum Gasteiger partial charge on any atom is -0.388 e. The molecular formula is C8H10O. The molecule has 1 heteroatoms. The fourth-order valence-corrected chi connectivity index (χ4v) is 1.55. The smallest absolute Gasteiger partial charge is 0.0784 e. The summed E-state index contributed by atoms with van der Waals surface area (Å²) in [5, 5.41) is 9.26. The number of aliphatic hydroxyl groups excluding tert-OH is 1. The Bertz CT molecular complexity index is 169. The van der Waals surface area contributed by atoms with Crippen molar-refractivity contribution in [3.63, 3.8) is 0 Å². The molecule has 0 spiro atoms. The molecule has 2 aliphatic rings. The summed E-state index contributed by atoms with van der Waals surface area (Å²) in [4.78, 5) is 0. The van der Waals surface area contributed by atoms with Crippen LogP contribution >= 0.6 is 0 Å². The average Bonchev–Trinajstić information content (AvgIpc) is 2.25. The van der Waals surface area contributed by atoms with Gasteiger partial charge in [0, 0.05) is 5.92 Å². The van der Waals surface area contributed by atoms with E-state index in [1.807, 2.05) is 6.08 Å². The first-order valence-electron chi connectivity index (χ1n) is 3.41. The second-order valence-corrected chi connectivity index (χ2v) is 2.82. The van der Waals surface area contributed by atoms with Crippen LogP contribution in [0, 0.1) is 11.8 Å². The molecule has 0 aliphatic heterocycles. The van der Waals surface area contributed by atoms with Crippen molar-refractivity contribution < 1.29 is 5.11 Å². The Morgan fingerprint density at radius 3 is 2.67 bits per heavy atom. The molecule has 0 saturated carbocycles. The van der Waals surface area contributed by atoms with Gasteiger partial charge in [0.25, 0.3) is 0 Å².